The molecule has 300 valence electrons. The van der Waals surface area contributed by atoms with Gasteiger partial charge in [-0.2, -0.15) is 0 Å². The fraction of sp³-hybridized carbons (Fsp3) is 0.854. The van der Waals surface area contributed by atoms with Crippen LogP contribution in [0.5, 0.6) is 0 Å². The normalized spacial score (nSPS) is 13.6. The van der Waals surface area contributed by atoms with Crippen molar-refractivity contribution < 1.29 is 42.7 Å². The summed E-state index contributed by atoms with van der Waals surface area (Å²) < 4.78 is 32.0. The van der Waals surface area contributed by atoms with Crippen molar-refractivity contribution >= 4 is 19.8 Å². The number of unbranched alkanes of at least 4 members (excludes halogenated alkanes) is 22. The van der Waals surface area contributed by atoms with Crippen LogP contribution in [0.1, 0.15) is 194 Å². The highest BCUT2D eigenvalue weighted by Gasteiger charge is 2.21. The van der Waals surface area contributed by atoms with E-state index in [2.05, 4.69) is 42.7 Å². The number of hydrogen-bond acceptors (Lipinski definition) is 9. The van der Waals surface area contributed by atoms with Crippen molar-refractivity contribution in [3.8, 4) is 0 Å². The smallest absolute Gasteiger partial charge is 0.306 e. The first-order valence-corrected chi connectivity index (χ1v) is 22.2. The molecule has 0 amide bonds. The Hall–Kier alpha value is -1.51. The number of phosphoric ester groups is 1. The highest BCUT2D eigenvalue weighted by molar-refractivity contribution is 7.45. The number of rotatable bonds is 39. The van der Waals surface area contributed by atoms with Gasteiger partial charge in [0, 0.05) is 12.8 Å². The van der Waals surface area contributed by atoms with Crippen LogP contribution in [0.2, 0.25) is 0 Å². The highest BCUT2D eigenvalue weighted by Crippen LogP contribution is 2.38. The third kappa shape index (κ3) is 38.0. The largest absolute Gasteiger partial charge is 0.756 e. The molecule has 0 aliphatic carbocycles. The van der Waals surface area contributed by atoms with Crippen LogP contribution in [-0.4, -0.2) is 49.6 Å². The molecule has 0 heterocycles. The van der Waals surface area contributed by atoms with Crippen LogP contribution >= 0.6 is 7.82 Å². The first kappa shape index (κ1) is 49.5. The molecule has 0 rings (SSSR count). The number of aliphatic hydroxyl groups excluding tert-OH is 1. The molecule has 0 spiro atoms. The number of carbonyl (C=O) groups is 2. The molecule has 0 saturated carbocycles. The Labute approximate surface area is 312 Å². The molecule has 9 nitrogen and oxygen atoms in total. The topological polar surface area (TPSA) is 131 Å². The summed E-state index contributed by atoms with van der Waals surface area (Å²) >= 11 is 0. The van der Waals surface area contributed by atoms with Gasteiger partial charge in [0.1, 0.15) is 6.61 Å². The molecule has 0 aromatic heterocycles. The third-order valence-corrected chi connectivity index (χ3v) is 9.74. The van der Waals surface area contributed by atoms with E-state index in [1.807, 2.05) is 0 Å². The van der Waals surface area contributed by atoms with Crippen molar-refractivity contribution in [1.82, 2.24) is 0 Å². The van der Waals surface area contributed by atoms with E-state index in [0.717, 1.165) is 64.2 Å². The second-order valence-electron chi connectivity index (χ2n) is 13.8. The van der Waals surface area contributed by atoms with E-state index >= 15 is 0 Å². The molecule has 2 atom stereocenters. The van der Waals surface area contributed by atoms with Gasteiger partial charge in [0.25, 0.3) is 7.82 Å². The molecule has 0 aliphatic rings. The highest BCUT2D eigenvalue weighted by atomic mass is 31.2. The number of allylic oxidation sites excluding steroid dienone is 4. The first-order chi connectivity index (χ1) is 24.8. The second-order valence-corrected chi connectivity index (χ2v) is 15.2. The predicted octanol–water partition coefficient (Wildman–Crippen LogP) is 11.0. The molecule has 0 radical (unpaired) electrons. The number of phosphoric acid groups is 1. The Morgan fingerprint density at radius 3 is 1.39 bits per heavy atom. The Morgan fingerprint density at radius 2 is 0.961 bits per heavy atom. The molecule has 0 bridgehead atoms. The van der Waals surface area contributed by atoms with Crippen LogP contribution in [0.25, 0.3) is 0 Å². The minimum absolute atomic E-state index is 0.188. The Morgan fingerprint density at radius 1 is 0.569 bits per heavy atom. The molecular weight excluding hydrogens is 667 g/mol. The molecule has 10 heteroatoms. The van der Waals surface area contributed by atoms with Crippen LogP contribution in [0.15, 0.2) is 24.3 Å². The van der Waals surface area contributed by atoms with Crippen LogP contribution in [0.3, 0.4) is 0 Å². The fourth-order valence-corrected chi connectivity index (χ4v) is 6.39. The molecule has 0 aliphatic heterocycles. The molecule has 1 unspecified atom stereocenters. The predicted molar refractivity (Wildman–Crippen MR) is 206 cm³/mol. The first-order valence-electron chi connectivity index (χ1n) is 20.7. The zero-order valence-corrected chi connectivity index (χ0v) is 33.6. The number of hydrogen-bond donors (Lipinski definition) is 1. The third-order valence-electron chi connectivity index (χ3n) is 8.77. The van der Waals surface area contributed by atoms with Gasteiger partial charge in [0.2, 0.25) is 0 Å². The van der Waals surface area contributed by atoms with Crippen LogP contribution in [0.4, 0.5) is 0 Å². The summed E-state index contributed by atoms with van der Waals surface area (Å²) in [6.45, 7) is 2.72. The minimum Gasteiger partial charge on any atom is -0.756 e. The number of carbonyl (C=O) groups excluding carboxylic acids is 2. The van der Waals surface area contributed by atoms with E-state index in [-0.39, 0.29) is 19.4 Å². The van der Waals surface area contributed by atoms with Crippen molar-refractivity contribution in [3.63, 3.8) is 0 Å². The molecule has 51 heavy (non-hydrogen) atoms. The van der Waals surface area contributed by atoms with Crippen LogP contribution < -0.4 is 4.89 Å². The fourth-order valence-electron chi connectivity index (χ4n) is 5.66. The number of esters is 2. The quantitative estimate of drug-likeness (QED) is 0.0283. The summed E-state index contributed by atoms with van der Waals surface area (Å²) in [5.41, 5.74) is 0. The lowest BCUT2D eigenvalue weighted by molar-refractivity contribution is -0.229. The summed E-state index contributed by atoms with van der Waals surface area (Å²) in [5.74, 6) is -0.917. The van der Waals surface area contributed by atoms with E-state index in [1.54, 1.807) is 0 Å². The summed E-state index contributed by atoms with van der Waals surface area (Å²) in [4.78, 5) is 36.8. The van der Waals surface area contributed by atoms with Crippen LogP contribution in [-0.2, 0) is 32.7 Å². The van der Waals surface area contributed by atoms with Gasteiger partial charge in [-0.1, -0.05) is 141 Å². The monoisotopic (exact) mass is 744 g/mol. The van der Waals surface area contributed by atoms with Crippen molar-refractivity contribution in [1.29, 1.82) is 0 Å². The van der Waals surface area contributed by atoms with Gasteiger partial charge in [-0.05, 0) is 64.2 Å². The molecule has 0 fully saturated rings. The molecule has 0 aromatic carbocycles. The van der Waals surface area contributed by atoms with E-state index in [1.165, 1.54) is 89.9 Å². The van der Waals surface area contributed by atoms with E-state index in [0.29, 0.717) is 12.8 Å². The number of ether oxygens (including phenoxy) is 2. The van der Waals surface area contributed by atoms with Crippen molar-refractivity contribution in [2.75, 3.05) is 26.4 Å². The average molecular weight is 744 g/mol. The molecule has 0 saturated heterocycles. The van der Waals surface area contributed by atoms with Gasteiger partial charge in [0.15, 0.2) is 6.10 Å². The van der Waals surface area contributed by atoms with E-state index in [4.69, 9.17) is 19.1 Å². The second kappa shape index (κ2) is 38.2. The lowest BCUT2D eigenvalue weighted by Gasteiger charge is -2.25. The summed E-state index contributed by atoms with van der Waals surface area (Å²) in [6.07, 6.45) is 38.7. The molecule has 0 aromatic rings. The van der Waals surface area contributed by atoms with E-state index in [9.17, 15) is 19.0 Å². The van der Waals surface area contributed by atoms with Crippen molar-refractivity contribution in [2.45, 2.75) is 200 Å². The SMILES string of the molecule is CCCCCCCC/C=C\CCCCCCCC(=O)OC[C@H](COP(=O)([O-])OCCO)OC(=O)CCCCCCC/C=C\CCCCCCCC. The maximum absolute atomic E-state index is 12.5. The van der Waals surface area contributed by atoms with Crippen molar-refractivity contribution in [2.24, 2.45) is 0 Å². The Balaban J connectivity index is 4.20. The van der Waals surface area contributed by atoms with Crippen LogP contribution in [0, 0.1) is 0 Å². The minimum atomic E-state index is -4.70. The maximum atomic E-state index is 12.5. The lowest BCUT2D eigenvalue weighted by atomic mass is 10.1. The molecule has 1 N–H and O–H groups in total. The van der Waals surface area contributed by atoms with Crippen molar-refractivity contribution in [3.05, 3.63) is 24.3 Å². The average Bonchev–Trinajstić information content (AvgIpc) is 3.11. The zero-order chi connectivity index (χ0) is 37.5. The number of aliphatic hydroxyl groups is 1. The summed E-state index contributed by atoms with van der Waals surface area (Å²) in [5, 5.41) is 8.83. The summed E-state index contributed by atoms with van der Waals surface area (Å²) in [6, 6.07) is 0. The summed E-state index contributed by atoms with van der Waals surface area (Å²) in [7, 11) is -4.70. The van der Waals surface area contributed by atoms with Gasteiger partial charge in [-0.15, -0.1) is 0 Å². The molecular formula is C41H76O9P-. The van der Waals surface area contributed by atoms with Gasteiger partial charge < -0.3 is 28.5 Å². The zero-order valence-electron chi connectivity index (χ0n) is 32.7. The van der Waals surface area contributed by atoms with Gasteiger partial charge in [-0.3, -0.25) is 14.2 Å². The van der Waals surface area contributed by atoms with Gasteiger partial charge in [0.05, 0.1) is 19.8 Å². The maximum Gasteiger partial charge on any atom is 0.306 e. The van der Waals surface area contributed by atoms with Gasteiger partial charge in [-0.25, -0.2) is 0 Å². The van der Waals surface area contributed by atoms with E-state index < -0.39 is 45.7 Å². The van der Waals surface area contributed by atoms with Gasteiger partial charge >= 0.3 is 11.9 Å². The lowest BCUT2D eigenvalue weighted by Crippen LogP contribution is -2.30. The Kier molecular flexibility index (Phi) is 37.1. The standard InChI is InChI=1S/C41H77O9P/c1-3-5-7-9-11-13-15-17-19-21-23-25-27-29-31-33-40(43)47-37-39(38-49-51(45,46)48-36-35-42)50-41(44)34-32-30-28-26-24-22-20-18-16-14-12-10-8-6-4-2/h17-20,39,42H,3-16,21-38H2,1-2H3,(H,45,46)/p-1/b19-17-,20-18-/t39-/m1/s1. The Bertz CT molecular complexity index is 892.